The molecule has 3 rings (SSSR count). The number of fused-ring (bicyclic) bond motifs is 1. The first-order valence-corrected chi connectivity index (χ1v) is 6.19. The molecule has 2 N–H and O–H groups in total. The van der Waals surface area contributed by atoms with Crippen molar-refractivity contribution in [2.45, 2.75) is 38.3 Å². The van der Waals surface area contributed by atoms with Gasteiger partial charge in [-0.2, -0.15) is 0 Å². The Morgan fingerprint density at radius 2 is 2.18 bits per heavy atom. The summed E-state index contributed by atoms with van der Waals surface area (Å²) in [5, 5.41) is 3.49. The van der Waals surface area contributed by atoms with Crippen LogP contribution in [0.3, 0.4) is 0 Å². The molecule has 0 aliphatic heterocycles. The van der Waals surface area contributed by atoms with Gasteiger partial charge in [0.25, 0.3) is 0 Å². The lowest BCUT2D eigenvalue weighted by atomic mass is 10.2. The summed E-state index contributed by atoms with van der Waals surface area (Å²) in [6.45, 7) is 0.737. The average molecular weight is 233 g/mol. The van der Waals surface area contributed by atoms with Crippen molar-refractivity contribution in [1.29, 1.82) is 0 Å². The molecule has 1 aliphatic carbocycles. The molecule has 0 saturated heterocycles. The third kappa shape index (κ3) is 2.31. The molecule has 17 heavy (non-hydrogen) atoms. The molecule has 1 aromatic carbocycles. The van der Waals surface area contributed by atoms with Gasteiger partial charge in [-0.15, -0.1) is 0 Å². The number of nitrogens with one attached hydrogen (secondary N) is 2. The van der Waals surface area contributed by atoms with E-state index in [-0.39, 0.29) is 5.82 Å². The van der Waals surface area contributed by atoms with E-state index < -0.39 is 0 Å². The fraction of sp³-hybridized carbons (Fsp3) is 0.462. The van der Waals surface area contributed by atoms with Gasteiger partial charge in [0, 0.05) is 6.04 Å². The number of hydrogen-bond acceptors (Lipinski definition) is 2. The maximum Gasteiger partial charge on any atom is 0.125 e. The lowest BCUT2D eigenvalue weighted by Gasteiger charge is -2.09. The number of H-pyrrole nitrogens is 1. The quantitative estimate of drug-likeness (QED) is 0.855. The van der Waals surface area contributed by atoms with Crippen LogP contribution < -0.4 is 5.32 Å². The van der Waals surface area contributed by atoms with Crippen molar-refractivity contribution >= 4 is 11.0 Å². The Hall–Kier alpha value is -1.42. The third-order valence-corrected chi connectivity index (χ3v) is 3.41. The summed E-state index contributed by atoms with van der Waals surface area (Å²) >= 11 is 0. The number of rotatable bonds is 3. The van der Waals surface area contributed by atoms with Gasteiger partial charge in [0.05, 0.1) is 17.6 Å². The largest absolute Gasteiger partial charge is 0.341 e. The molecule has 0 spiro atoms. The van der Waals surface area contributed by atoms with E-state index in [4.69, 9.17) is 0 Å². The van der Waals surface area contributed by atoms with E-state index in [9.17, 15) is 4.39 Å². The highest BCUT2D eigenvalue weighted by Crippen LogP contribution is 2.18. The van der Waals surface area contributed by atoms with Crippen molar-refractivity contribution in [2.24, 2.45) is 0 Å². The van der Waals surface area contributed by atoms with E-state index in [2.05, 4.69) is 15.3 Å². The highest BCUT2D eigenvalue weighted by Gasteiger charge is 2.14. The van der Waals surface area contributed by atoms with Crippen molar-refractivity contribution in [2.75, 3.05) is 0 Å². The topological polar surface area (TPSA) is 40.7 Å². The predicted molar refractivity (Wildman–Crippen MR) is 65.1 cm³/mol. The van der Waals surface area contributed by atoms with Crippen molar-refractivity contribution in [3.8, 4) is 0 Å². The molecular formula is C13H16FN3. The highest BCUT2D eigenvalue weighted by molar-refractivity contribution is 5.74. The number of aromatic nitrogens is 2. The number of imidazole rings is 1. The fourth-order valence-corrected chi connectivity index (χ4v) is 2.49. The Morgan fingerprint density at radius 1 is 1.35 bits per heavy atom. The van der Waals surface area contributed by atoms with E-state index in [0.29, 0.717) is 6.04 Å². The summed E-state index contributed by atoms with van der Waals surface area (Å²) in [5.74, 6) is 0.661. The summed E-state index contributed by atoms with van der Waals surface area (Å²) in [6.07, 6.45) is 5.16. The maximum absolute atomic E-state index is 13.0. The number of benzene rings is 1. The lowest BCUT2D eigenvalue weighted by molar-refractivity contribution is 0.516. The average Bonchev–Trinajstić information content (AvgIpc) is 2.94. The van der Waals surface area contributed by atoms with E-state index in [1.807, 2.05) is 0 Å². The first-order chi connectivity index (χ1) is 8.31. The van der Waals surface area contributed by atoms with Crippen LogP contribution in [0.4, 0.5) is 4.39 Å². The molecule has 0 radical (unpaired) electrons. The number of nitrogens with zero attached hydrogens (tertiary/aromatic N) is 1. The van der Waals surface area contributed by atoms with Crippen molar-refractivity contribution < 1.29 is 4.39 Å². The Morgan fingerprint density at radius 3 is 3.00 bits per heavy atom. The van der Waals surface area contributed by atoms with Gasteiger partial charge in [-0.25, -0.2) is 9.37 Å². The Kier molecular flexibility index (Phi) is 2.81. The monoisotopic (exact) mass is 233 g/mol. The fourth-order valence-electron chi connectivity index (χ4n) is 2.49. The summed E-state index contributed by atoms with van der Waals surface area (Å²) in [4.78, 5) is 7.58. The second-order valence-corrected chi connectivity index (χ2v) is 4.71. The maximum atomic E-state index is 13.0. The lowest BCUT2D eigenvalue weighted by Crippen LogP contribution is -2.25. The van der Waals surface area contributed by atoms with Crippen LogP contribution >= 0.6 is 0 Å². The van der Waals surface area contributed by atoms with E-state index in [1.54, 1.807) is 6.07 Å². The third-order valence-electron chi connectivity index (χ3n) is 3.41. The van der Waals surface area contributed by atoms with Crippen molar-refractivity contribution in [3.05, 3.63) is 29.8 Å². The predicted octanol–water partition coefficient (Wildman–Crippen LogP) is 2.73. The molecule has 1 heterocycles. The zero-order valence-electron chi connectivity index (χ0n) is 9.67. The zero-order valence-corrected chi connectivity index (χ0v) is 9.67. The SMILES string of the molecule is Fc1ccc2nc(CNC3CCCC3)[nH]c2c1. The molecule has 0 amide bonds. The van der Waals surface area contributed by atoms with Gasteiger partial charge >= 0.3 is 0 Å². The van der Waals surface area contributed by atoms with E-state index >= 15 is 0 Å². The smallest absolute Gasteiger partial charge is 0.125 e. The first kappa shape index (κ1) is 10.7. The molecule has 0 bridgehead atoms. The van der Waals surface area contributed by atoms with Crippen LogP contribution in [0.1, 0.15) is 31.5 Å². The van der Waals surface area contributed by atoms with Crippen LogP contribution in [0.5, 0.6) is 0 Å². The van der Waals surface area contributed by atoms with Gasteiger partial charge < -0.3 is 10.3 Å². The summed E-state index contributed by atoms with van der Waals surface area (Å²) in [6, 6.07) is 5.26. The van der Waals surface area contributed by atoms with E-state index in [0.717, 1.165) is 23.4 Å². The van der Waals surface area contributed by atoms with Crippen LogP contribution in [0.2, 0.25) is 0 Å². The minimum Gasteiger partial charge on any atom is -0.341 e. The molecule has 3 nitrogen and oxygen atoms in total. The molecular weight excluding hydrogens is 217 g/mol. The van der Waals surface area contributed by atoms with Crippen molar-refractivity contribution in [3.63, 3.8) is 0 Å². The minimum atomic E-state index is -0.226. The van der Waals surface area contributed by atoms with Gasteiger partial charge in [-0.3, -0.25) is 0 Å². The minimum absolute atomic E-state index is 0.226. The molecule has 90 valence electrons. The molecule has 1 saturated carbocycles. The van der Waals surface area contributed by atoms with Gasteiger partial charge in [0.2, 0.25) is 0 Å². The number of halogens is 1. The standard InChI is InChI=1S/C13H16FN3/c14-9-5-6-11-12(7-9)17-13(16-11)8-15-10-3-1-2-4-10/h5-7,10,15H,1-4,8H2,(H,16,17). The normalized spacial score (nSPS) is 17.0. The zero-order chi connectivity index (χ0) is 11.7. The Labute approximate surface area is 99.4 Å². The molecule has 0 atom stereocenters. The Balaban J connectivity index is 1.72. The molecule has 0 unspecified atom stereocenters. The molecule has 2 aromatic rings. The number of aromatic amines is 1. The Bertz CT molecular complexity index is 514. The van der Waals surface area contributed by atoms with Crippen LogP contribution in [-0.4, -0.2) is 16.0 Å². The summed E-state index contributed by atoms with van der Waals surface area (Å²) in [7, 11) is 0. The molecule has 1 aromatic heterocycles. The van der Waals surface area contributed by atoms with Crippen molar-refractivity contribution in [1.82, 2.24) is 15.3 Å². The molecule has 1 fully saturated rings. The first-order valence-electron chi connectivity index (χ1n) is 6.19. The molecule has 4 heteroatoms. The summed E-state index contributed by atoms with van der Waals surface area (Å²) < 4.78 is 13.0. The van der Waals surface area contributed by atoms with Crippen LogP contribution in [-0.2, 0) is 6.54 Å². The highest BCUT2D eigenvalue weighted by atomic mass is 19.1. The van der Waals surface area contributed by atoms with E-state index in [1.165, 1.54) is 37.8 Å². The van der Waals surface area contributed by atoms with Gasteiger partial charge in [0.15, 0.2) is 0 Å². The second kappa shape index (κ2) is 4.45. The number of hydrogen-bond donors (Lipinski definition) is 2. The van der Waals surface area contributed by atoms with Gasteiger partial charge in [-0.1, -0.05) is 12.8 Å². The van der Waals surface area contributed by atoms with Crippen LogP contribution in [0.25, 0.3) is 11.0 Å². The van der Waals surface area contributed by atoms with Gasteiger partial charge in [-0.05, 0) is 31.0 Å². The van der Waals surface area contributed by atoms with Crippen LogP contribution in [0.15, 0.2) is 18.2 Å². The van der Waals surface area contributed by atoms with Gasteiger partial charge in [0.1, 0.15) is 11.6 Å². The van der Waals surface area contributed by atoms with Crippen LogP contribution in [0, 0.1) is 5.82 Å². The summed E-state index contributed by atoms with van der Waals surface area (Å²) in [5.41, 5.74) is 1.60. The second-order valence-electron chi connectivity index (χ2n) is 4.71. The molecule has 1 aliphatic rings.